The SMILES string of the molecule is COCC(=O)N[C@H](C(=O)OC)[C@H](CC(=O)OC)C(=O)OC. The summed E-state index contributed by atoms with van der Waals surface area (Å²) in [7, 11) is 4.61. The van der Waals surface area contributed by atoms with E-state index in [-0.39, 0.29) is 6.61 Å². The highest BCUT2D eigenvalue weighted by Gasteiger charge is 2.38. The molecule has 1 amide bonds. The molecule has 0 spiro atoms. The van der Waals surface area contributed by atoms with Crippen LogP contribution in [0.2, 0.25) is 0 Å². The number of hydrogen-bond acceptors (Lipinski definition) is 8. The van der Waals surface area contributed by atoms with E-state index < -0.39 is 42.2 Å². The third kappa shape index (κ3) is 6.21. The normalized spacial score (nSPS) is 12.8. The molecule has 0 aliphatic rings. The summed E-state index contributed by atoms with van der Waals surface area (Å²) in [5.41, 5.74) is 0. The fourth-order valence-electron chi connectivity index (χ4n) is 1.55. The number of nitrogens with one attached hydrogen (secondary N) is 1. The number of esters is 3. The lowest BCUT2D eigenvalue weighted by atomic mass is 9.96. The predicted molar refractivity (Wildman–Crippen MR) is 68.0 cm³/mol. The average molecular weight is 305 g/mol. The largest absolute Gasteiger partial charge is 0.469 e. The second kappa shape index (κ2) is 9.70. The Bertz CT molecular complexity index is 395. The summed E-state index contributed by atoms with van der Waals surface area (Å²) in [5, 5.41) is 2.27. The number of methoxy groups -OCH3 is 4. The minimum absolute atomic E-state index is 0.320. The first kappa shape index (κ1) is 18.8. The number of ether oxygens (including phenoxy) is 4. The number of carbonyl (C=O) groups is 4. The van der Waals surface area contributed by atoms with Gasteiger partial charge in [0.1, 0.15) is 12.6 Å². The molecule has 0 aromatic heterocycles. The lowest BCUT2D eigenvalue weighted by molar-refractivity contribution is -0.159. The van der Waals surface area contributed by atoms with Crippen molar-refractivity contribution in [2.24, 2.45) is 5.92 Å². The first-order valence-electron chi connectivity index (χ1n) is 5.92. The zero-order valence-corrected chi connectivity index (χ0v) is 12.3. The first-order chi connectivity index (χ1) is 9.90. The standard InChI is InChI=1S/C12H19NO8/c1-18-6-8(14)13-10(12(17)21-4)7(11(16)20-3)5-9(15)19-2/h7,10H,5-6H2,1-4H3,(H,13,14)/t7-,10-/m0/s1. The molecule has 9 heteroatoms. The summed E-state index contributed by atoms with van der Waals surface area (Å²) < 4.78 is 18.1. The Labute approximate surface area is 121 Å². The van der Waals surface area contributed by atoms with Crippen molar-refractivity contribution in [3.8, 4) is 0 Å². The first-order valence-corrected chi connectivity index (χ1v) is 5.92. The number of rotatable bonds is 8. The maximum absolute atomic E-state index is 11.7. The summed E-state index contributed by atoms with van der Waals surface area (Å²) in [6.45, 7) is -0.320. The van der Waals surface area contributed by atoms with Crippen LogP contribution < -0.4 is 5.32 Å². The van der Waals surface area contributed by atoms with E-state index in [4.69, 9.17) is 0 Å². The van der Waals surface area contributed by atoms with Crippen LogP contribution >= 0.6 is 0 Å². The van der Waals surface area contributed by atoms with Crippen molar-refractivity contribution in [3.63, 3.8) is 0 Å². The Balaban J connectivity index is 5.25. The molecule has 0 aromatic carbocycles. The molecule has 2 atom stereocenters. The van der Waals surface area contributed by atoms with Crippen molar-refractivity contribution in [1.82, 2.24) is 5.32 Å². The van der Waals surface area contributed by atoms with Crippen LogP contribution in [0.15, 0.2) is 0 Å². The van der Waals surface area contributed by atoms with Crippen molar-refractivity contribution < 1.29 is 38.1 Å². The molecule has 0 bridgehead atoms. The Morgan fingerprint density at radius 3 is 1.90 bits per heavy atom. The van der Waals surface area contributed by atoms with Crippen LogP contribution in [0.1, 0.15) is 6.42 Å². The molecule has 0 rings (SSSR count). The van der Waals surface area contributed by atoms with E-state index in [1.54, 1.807) is 0 Å². The number of hydrogen-bond donors (Lipinski definition) is 1. The topological polar surface area (TPSA) is 117 Å². The molecule has 0 aromatic rings. The molecule has 0 saturated carbocycles. The van der Waals surface area contributed by atoms with E-state index in [1.165, 1.54) is 7.11 Å². The van der Waals surface area contributed by atoms with E-state index in [1.807, 2.05) is 0 Å². The van der Waals surface area contributed by atoms with Crippen LogP contribution in [0.4, 0.5) is 0 Å². The van der Waals surface area contributed by atoms with Gasteiger partial charge in [-0.05, 0) is 0 Å². The van der Waals surface area contributed by atoms with Gasteiger partial charge in [-0.25, -0.2) is 4.79 Å². The molecule has 0 fully saturated rings. The summed E-state index contributed by atoms with van der Waals surface area (Å²) >= 11 is 0. The second-order valence-electron chi connectivity index (χ2n) is 3.91. The average Bonchev–Trinajstić information content (AvgIpc) is 2.48. The fourth-order valence-corrected chi connectivity index (χ4v) is 1.55. The molecule has 0 saturated heterocycles. The molecule has 0 aliphatic carbocycles. The Morgan fingerprint density at radius 1 is 0.905 bits per heavy atom. The fraction of sp³-hybridized carbons (Fsp3) is 0.667. The molecule has 0 heterocycles. The van der Waals surface area contributed by atoms with Gasteiger partial charge < -0.3 is 24.3 Å². The minimum Gasteiger partial charge on any atom is -0.469 e. The van der Waals surface area contributed by atoms with E-state index in [9.17, 15) is 19.2 Å². The maximum atomic E-state index is 11.7. The van der Waals surface area contributed by atoms with Crippen molar-refractivity contribution >= 4 is 23.8 Å². The Hall–Kier alpha value is -2.16. The third-order valence-electron chi connectivity index (χ3n) is 2.57. The highest BCUT2D eigenvalue weighted by atomic mass is 16.5. The smallest absolute Gasteiger partial charge is 0.329 e. The minimum atomic E-state index is -1.39. The third-order valence-corrected chi connectivity index (χ3v) is 2.57. The molecule has 9 nitrogen and oxygen atoms in total. The van der Waals surface area contributed by atoms with Gasteiger partial charge in [0.25, 0.3) is 0 Å². The summed E-state index contributed by atoms with van der Waals surface area (Å²) in [6.07, 6.45) is -0.448. The Kier molecular flexibility index (Phi) is 8.70. The lowest BCUT2D eigenvalue weighted by Crippen LogP contribution is -2.51. The van der Waals surface area contributed by atoms with Gasteiger partial charge in [-0.1, -0.05) is 0 Å². The van der Waals surface area contributed by atoms with Crippen LogP contribution in [0.25, 0.3) is 0 Å². The van der Waals surface area contributed by atoms with Crippen LogP contribution in [0.3, 0.4) is 0 Å². The van der Waals surface area contributed by atoms with Gasteiger partial charge >= 0.3 is 17.9 Å². The van der Waals surface area contributed by atoms with Gasteiger partial charge in [0, 0.05) is 7.11 Å². The van der Waals surface area contributed by atoms with Gasteiger partial charge in [-0.15, -0.1) is 0 Å². The van der Waals surface area contributed by atoms with Gasteiger partial charge in [-0.3, -0.25) is 14.4 Å². The van der Waals surface area contributed by atoms with Gasteiger partial charge in [0.2, 0.25) is 5.91 Å². The molecule has 1 N–H and O–H groups in total. The molecule has 0 radical (unpaired) electrons. The summed E-state index contributed by atoms with van der Waals surface area (Å²) in [5.74, 6) is -4.39. The molecule has 21 heavy (non-hydrogen) atoms. The molecule has 120 valence electrons. The lowest BCUT2D eigenvalue weighted by Gasteiger charge is -2.23. The van der Waals surface area contributed by atoms with E-state index in [0.29, 0.717) is 0 Å². The van der Waals surface area contributed by atoms with Crippen molar-refractivity contribution in [2.75, 3.05) is 35.0 Å². The summed E-state index contributed by atoms with van der Waals surface area (Å²) in [4.78, 5) is 46.4. The molecular weight excluding hydrogens is 286 g/mol. The maximum Gasteiger partial charge on any atom is 0.329 e. The van der Waals surface area contributed by atoms with E-state index in [2.05, 4.69) is 24.3 Å². The zero-order valence-electron chi connectivity index (χ0n) is 12.3. The number of carbonyl (C=O) groups excluding carboxylic acids is 4. The molecule has 0 aliphatic heterocycles. The van der Waals surface area contributed by atoms with E-state index >= 15 is 0 Å². The second-order valence-corrected chi connectivity index (χ2v) is 3.91. The van der Waals surface area contributed by atoms with Gasteiger partial charge in [-0.2, -0.15) is 0 Å². The molecular formula is C12H19NO8. The zero-order chi connectivity index (χ0) is 16.4. The highest BCUT2D eigenvalue weighted by Crippen LogP contribution is 2.14. The predicted octanol–water partition coefficient (Wildman–Crippen LogP) is -1.36. The van der Waals surface area contributed by atoms with Crippen molar-refractivity contribution in [1.29, 1.82) is 0 Å². The van der Waals surface area contributed by atoms with Crippen LogP contribution in [-0.4, -0.2) is 64.9 Å². The van der Waals surface area contributed by atoms with Gasteiger partial charge in [0.05, 0.1) is 33.7 Å². The highest BCUT2D eigenvalue weighted by molar-refractivity contribution is 5.91. The Morgan fingerprint density at radius 2 is 1.48 bits per heavy atom. The van der Waals surface area contributed by atoms with Crippen LogP contribution in [-0.2, 0) is 38.1 Å². The number of amides is 1. The van der Waals surface area contributed by atoms with Crippen molar-refractivity contribution in [3.05, 3.63) is 0 Å². The van der Waals surface area contributed by atoms with Gasteiger partial charge in [0.15, 0.2) is 0 Å². The quantitative estimate of drug-likeness (QED) is 0.432. The summed E-state index contributed by atoms with van der Waals surface area (Å²) in [6, 6.07) is -1.39. The molecule has 0 unspecified atom stereocenters. The monoisotopic (exact) mass is 305 g/mol. The van der Waals surface area contributed by atoms with Crippen LogP contribution in [0, 0.1) is 5.92 Å². The van der Waals surface area contributed by atoms with E-state index in [0.717, 1.165) is 21.3 Å². The van der Waals surface area contributed by atoms with Crippen molar-refractivity contribution in [2.45, 2.75) is 12.5 Å². The van der Waals surface area contributed by atoms with Crippen LogP contribution in [0.5, 0.6) is 0 Å².